The molecule has 1 aliphatic heterocycles. The molecule has 6 heteroatoms. The Hall–Kier alpha value is -1.79. The third-order valence-electron chi connectivity index (χ3n) is 3.93. The number of carbonyl (C=O) groups is 1. The van der Waals surface area contributed by atoms with Crippen molar-refractivity contribution in [2.45, 2.75) is 6.92 Å². The molecule has 0 aliphatic carbocycles. The minimum Gasteiger partial charge on any atom is -0.493 e. The minimum atomic E-state index is -0.144. The molecule has 0 saturated carbocycles. The zero-order chi connectivity index (χ0) is 16.7. The first kappa shape index (κ1) is 17.6. The van der Waals surface area contributed by atoms with E-state index in [-0.39, 0.29) is 5.91 Å². The molecule has 1 aromatic carbocycles. The third-order valence-corrected chi connectivity index (χ3v) is 3.93. The lowest BCUT2D eigenvalue weighted by atomic mass is 10.1. The molecule has 1 amide bonds. The van der Waals surface area contributed by atoms with Crippen molar-refractivity contribution in [3.05, 3.63) is 23.8 Å². The molecule has 0 radical (unpaired) electrons. The monoisotopic (exact) mass is 322 g/mol. The van der Waals surface area contributed by atoms with Crippen LogP contribution < -0.4 is 14.8 Å². The van der Waals surface area contributed by atoms with Gasteiger partial charge >= 0.3 is 0 Å². The van der Waals surface area contributed by atoms with Crippen molar-refractivity contribution in [3.63, 3.8) is 0 Å². The maximum atomic E-state index is 12.4. The van der Waals surface area contributed by atoms with E-state index in [2.05, 4.69) is 17.1 Å². The van der Waals surface area contributed by atoms with E-state index in [0.29, 0.717) is 29.5 Å². The highest BCUT2D eigenvalue weighted by Gasteiger charge is 2.18. The van der Waals surface area contributed by atoms with Crippen molar-refractivity contribution >= 4 is 5.91 Å². The second-order valence-electron chi connectivity index (χ2n) is 5.77. The van der Waals surface area contributed by atoms with Crippen LogP contribution in [0.4, 0.5) is 0 Å². The number of nitrogens with zero attached hydrogens (tertiary/aromatic N) is 1. The molecule has 1 unspecified atom stereocenters. The Balaban J connectivity index is 1.89. The number of benzene rings is 1. The van der Waals surface area contributed by atoms with Crippen molar-refractivity contribution in [1.82, 2.24) is 10.2 Å². The Morgan fingerprint density at radius 2 is 2.04 bits per heavy atom. The van der Waals surface area contributed by atoms with E-state index in [0.717, 1.165) is 32.8 Å². The molecule has 1 N–H and O–H groups in total. The van der Waals surface area contributed by atoms with Gasteiger partial charge in [0.05, 0.1) is 33.0 Å². The molecule has 128 valence electrons. The second-order valence-corrected chi connectivity index (χ2v) is 5.77. The van der Waals surface area contributed by atoms with Crippen LogP contribution in [-0.2, 0) is 4.74 Å². The molecule has 1 aliphatic rings. The summed E-state index contributed by atoms with van der Waals surface area (Å²) in [4.78, 5) is 14.8. The van der Waals surface area contributed by atoms with Crippen LogP contribution in [0.1, 0.15) is 17.3 Å². The van der Waals surface area contributed by atoms with Gasteiger partial charge in [0.15, 0.2) is 11.5 Å². The highest BCUT2D eigenvalue weighted by Crippen LogP contribution is 2.30. The van der Waals surface area contributed by atoms with Crippen molar-refractivity contribution in [1.29, 1.82) is 0 Å². The Labute approximate surface area is 137 Å². The average molecular weight is 322 g/mol. The standard InChI is InChI=1S/C17H26N2O4/c1-13(12-19-7-9-23-10-8-19)11-18-17(20)14-5-4-6-15(21-2)16(14)22-3/h4-6,13H,7-12H2,1-3H3,(H,18,20). The average Bonchev–Trinajstić information content (AvgIpc) is 2.59. The van der Waals surface area contributed by atoms with Crippen molar-refractivity contribution in [3.8, 4) is 11.5 Å². The van der Waals surface area contributed by atoms with Gasteiger partial charge in [0.1, 0.15) is 0 Å². The van der Waals surface area contributed by atoms with E-state index in [4.69, 9.17) is 14.2 Å². The summed E-state index contributed by atoms with van der Waals surface area (Å²) in [5, 5.41) is 2.98. The van der Waals surface area contributed by atoms with Gasteiger partial charge in [-0.05, 0) is 18.1 Å². The predicted octanol–water partition coefficient (Wildman–Crippen LogP) is 1.40. The molecular weight excluding hydrogens is 296 g/mol. The number of nitrogens with one attached hydrogen (secondary N) is 1. The third kappa shape index (κ3) is 4.84. The quantitative estimate of drug-likeness (QED) is 0.822. The number of para-hydroxylation sites is 1. The summed E-state index contributed by atoms with van der Waals surface area (Å²) in [6.45, 7) is 7.22. The zero-order valence-corrected chi connectivity index (χ0v) is 14.1. The van der Waals surface area contributed by atoms with E-state index in [9.17, 15) is 4.79 Å². The summed E-state index contributed by atoms with van der Waals surface area (Å²) in [6, 6.07) is 5.30. The van der Waals surface area contributed by atoms with E-state index in [1.165, 1.54) is 7.11 Å². The largest absolute Gasteiger partial charge is 0.493 e. The number of rotatable bonds is 7. The van der Waals surface area contributed by atoms with Gasteiger partial charge in [-0.25, -0.2) is 0 Å². The van der Waals surface area contributed by atoms with Crippen LogP contribution in [-0.4, -0.2) is 64.4 Å². The maximum absolute atomic E-state index is 12.4. The van der Waals surface area contributed by atoms with Crippen LogP contribution in [0.3, 0.4) is 0 Å². The van der Waals surface area contributed by atoms with Crippen LogP contribution in [0.25, 0.3) is 0 Å². The molecule has 0 bridgehead atoms. The van der Waals surface area contributed by atoms with Gasteiger partial charge in [0, 0.05) is 26.2 Å². The number of hydrogen-bond acceptors (Lipinski definition) is 5. The van der Waals surface area contributed by atoms with Crippen LogP contribution in [0.2, 0.25) is 0 Å². The summed E-state index contributed by atoms with van der Waals surface area (Å²) in [5.41, 5.74) is 0.491. The van der Waals surface area contributed by atoms with Crippen LogP contribution >= 0.6 is 0 Å². The molecule has 1 fully saturated rings. The molecule has 1 atom stereocenters. The first-order valence-electron chi connectivity index (χ1n) is 7.95. The maximum Gasteiger partial charge on any atom is 0.255 e. The highest BCUT2D eigenvalue weighted by molar-refractivity contribution is 5.97. The number of hydrogen-bond donors (Lipinski definition) is 1. The first-order valence-corrected chi connectivity index (χ1v) is 7.95. The van der Waals surface area contributed by atoms with Gasteiger partial charge in [-0.1, -0.05) is 13.0 Å². The molecule has 0 aromatic heterocycles. The van der Waals surface area contributed by atoms with Crippen LogP contribution in [0.15, 0.2) is 18.2 Å². The van der Waals surface area contributed by atoms with Gasteiger partial charge in [-0.2, -0.15) is 0 Å². The summed E-state index contributed by atoms with van der Waals surface area (Å²) in [7, 11) is 3.10. The van der Waals surface area contributed by atoms with Gasteiger partial charge in [-0.3, -0.25) is 9.69 Å². The molecule has 6 nitrogen and oxygen atoms in total. The van der Waals surface area contributed by atoms with E-state index in [1.54, 1.807) is 25.3 Å². The molecule has 23 heavy (non-hydrogen) atoms. The highest BCUT2D eigenvalue weighted by atomic mass is 16.5. The van der Waals surface area contributed by atoms with Gasteiger partial charge in [0.2, 0.25) is 0 Å². The van der Waals surface area contributed by atoms with Crippen LogP contribution in [0.5, 0.6) is 11.5 Å². The Kier molecular flexibility index (Phi) is 6.67. The SMILES string of the molecule is COc1cccc(C(=O)NCC(C)CN2CCOCC2)c1OC. The van der Waals surface area contributed by atoms with E-state index >= 15 is 0 Å². The lowest BCUT2D eigenvalue weighted by molar-refractivity contribution is 0.0317. The molecule has 2 rings (SSSR count). The number of morpholine rings is 1. The van der Waals surface area contributed by atoms with Gasteiger partial charge in [-0.15, -0.1) is 0 Å². The van der Waals surface area contributed by atoms with E-state index < -0.39 is 0 Å². The molecule has 0 spiro atoms. The fourth-order valence-corrected chi connectivity index (χ4v) is 2.72. The normalized spacial score (nSPS) is 16.7. The van der Waals surface area contributed by atoms with Crippen LogP contribution in [0, 0.1) is 5.92 Å². The Morgan fingerprint density at radius 1 is 1.30 bits per heavy atom. The molecular formula is C17H26N2O4. The summed E-state index contributed by atoms with van der Waals surface area (Å²) >= 11 is 0. The Morgan fingerprint density at radius 3 is 2.70 bits per heavy atom. The number of ether oxygens (including phenoxy) is 3. The molecule has 1 heterocycles. The van der Waals surface area contributed by atoms with Crippen molar-refractivity contribution in [2.75, 3.05) is 53.6 Å². The molecule has 1 aromatic rings. The fraction of sp³-hybridized carbons (Fsp3) is 0.588. The second kappa shape index (κ2) is 8.74. The summed E-state index contributed by atoms with van der Waals surface area (Å²) < 4.78 is 15.9. The smallest absolute Gasteiger partial charge is 0.255 e. The number of methoxy groups -OCH3 is 2. The lowest BCUT2D eigenvalue weighted by Gasteiger charge is -2.29. The Bertz CT molecular complexity index is 515. The summed E-state index contributed by atoms with van der Waals surface area (Å²) in [6.07, 6.45) is 0. The number of carbonyl (C=O) groups excluding carboxylic acids is 1. The zero-order valence-electron chi connectivity index (χ0n) is 14.1. The lowest BCUT2D eigenvalue weighted by Crippen LogP contribution is -2.41. The van der Waals surface area contributed by atoms with Crippen molar-refractivity contribution < 1.29 is 19.0 Å². The minimum absolute atomic E-state index is 0.144. The fourth-order valence-electron chi connectivity index (χ4n) is 2.72. The van der Waals surface area contributed by atoms with E-state index in [1.807, 2.05) is 0 Å². The first-order chi connectivity index (χ1) is 11.2. The van der Waals surface area contributed by atoms with Gasteiger partial charge in [0.25, 0.3) is 5.91 Å². The number of amides is 1. The van der Waals surface area contributed by atoms with Crippen molar-refractivity contribution in [2.24, 2.45) is 5.92 Å². The van der Waals surface area contributed by atoms with Gasteiger partial charge < -0.3 is 19.5 Å². The topological polar surface area (TPSA) is 60.0 Å². The summed E-state index contributed by atoms with van der Waals surface area (Å²) in [5.74, 6) is 1.25. The molecule has 1 saturated heterocycles. The predicted molar refractivity (Wildman–Crippen MR) is 88.3 cm³/mol.